The molecule has 0 aliphatic carbocycles. The maximum atomic E-state index is 12.8. The number of carbonyl (C=O) groups is 1. The van der Waals surface area contributed by atoms with E-state index in [2.05, 4.69) is 20.2 Å². The summed E-state index contributed by atoms with van der Waals surface area (Å²) in [5.41, 5.74) is 3.01. The second-order valence-electron chi connectivity index (χ2n) is 9.69. The molecule has 2 heterocycles. The van der Waals surface area contributed by atoms with Crippen molar-refractivity contribution in [3.8, 4) is 11.5 Å². The Balaban J connectivity index is 1.56. The zero-order chi connectivity index (χ0) is 28.5. The first kappa shape index (κ1) is 29.5. The van der Waals surface area contributed by atoms with Crippen molar-refractivity contribution in [3.63, 3.8) is 0 Å². The lowest BCUT2D eigenvalue weighted by Gasteiger charge is -2.26. The summed E-state index contributed by atoms with van der Waals surface area (Å²) in [6, 6.07) is 11.1. The normalized spacial score (nSPS) is 14.2. The first-order chi connectivity index (χ1) is 19.3. The maximum Gasteiger partial charge on any atom is 0.271 e. The third kappa shape index (κ3) is 8.26. The van der Waals surface area contributed by atoms with Crippen molar-refractivity contribution in [3.05, 3.63) is 48.3 Å². The number of piperidine rings is 1. The highest BCUT2D eigenvalue weighted by atomic mass is 32.2. The molecule has 2 aromatic carbocycles. The van der Waals surface area contributed by atoms with Crippen LogP contribution >= 0.6 is 0 Å². The van der Waals surface area contributed by atoms with Gasteiger partial charge in [-0.05, 0) is 50.6 Å². The van der Waals surface area contributed by atoms with Gasteiger partial charge in [-0.25, -0.2) is 4.98 Å². The number of methoxy groups -OCH3 is 2. The van der Waals surface area contributed by atoms with E-state index in [1.165, 1.54) is 25.5 Å². The molecule has 4 rings (SSSR count). The van der Waals surface area contributed by atoms with E-state index in [9.17, 15) is 13.2 Å². The van der Waals surface area contributed by atoms with Gasteiger partial charge in [-0.2, -0.15) is 8.42 Å². The average molecular weight is 572 g/mol. The van der Waals surface area contributed by atoms with E-state index in [1.54, 1.807) is 20.3 Å². The van der Waals surface area contributed by atoms with Crippen LogP contribution in [0.3, 0.4) is 0 Å². The number of hydrogen-bond acceptors (Lipinski definition) is 10. The Bertz CT molecular complexity index is 1390. The number of amides is 1. The van der Waals surface area contributed by atoms with Crippen molar-refractivity contribution in [1.82, 2.24) is 20.2 Å². The van der Waals surface area contributed by atoms with Crippen LogP contribution in [-0.4, -0.2) is 89.0 Å². The lowest BCUT2D eigenvalue weighted by atomic mass is 10.1. The van der Waals surface area contributed by atoms with Crippen molar-refractivity contribution < 1.29 is 26.9 Å². The molecule has 0 unspecified atom stereocenters. The number of rotatable bonds is 13. The van der Waals surface area contributed by atoms with Crippen LogP contribution in [0.4, 0.5) is 11.4 Å². The first-order valence-corrected chi connectivity index (χ1v) is 15.2. The molecule has 0 bridgehead atoms. The summed E-state index contributed by atoms with van der Waals surface area (Å²) in [6.45, 7) is 3.99. The van der Waals surface area contributed by atoms with Crippen molar-refractivity contribution in [1.29, 1.82) is 0 Å². The molecule has 1 aliphatic rings. The number of ether oxygens (including phenoxy) is 2. The Morgan fingerprint density at radius 3 is 2.40 bits per heavy atom. The fourth-order valence-corrected chi connectivity index (χ4v) is 5.09. The number of benzene rings is 2. The monoisotopic (exact) mass is 571 g/mol. The SMILES string of the molecule is COc1cc(OC)cc(N(CCCOS(C)(=O)=O)c2ccc3ncc(C(=O)NCCN4CCCCC4)nc3c2)c1. The second-order valence-corrected chi connectivity index (χ2v) is 11.3. The van der Waals surface area contributed by atoms with Crippen LogP contribution in [0, 0.1) is 0 Å². The van der Waals surface area contributed by atoms with E-state index in [1.807, 2.05) is 35.2 Å². The number of carbonyl (C=O) groups excluding carboxylic acids is 1. The summed E-state index contributed by atoms with van der Waals surface area (Å²) in [5.74, 6) is 0.954. The first-order valence-electron chi connectivity index (χ1n) is 13.4. The van der Waals surface area contributed by atoms with Crippen molar-refractivity contribution >= 4 is 38.4 Å². The van der Waals surface area contributed by atoms with Gasteiger partial charge in [0, 0.05) is 49.2 Å². The Kier molecular flexibility index (Phi) is 10.1. The highest BCUT2D eigenvalue weighted by Gasteiger charge is 2.16. The molecule has 1 saturated heterocycles. The summed E-state index contributed by atoms with van der Waals surface area (Å²) < 4.78 is 38.8. The molecular formula is C28H37N5O6S. The molecule has 1 N–H and O–H groups in total. The van der Waals surface area contributed by atoms with E-state index in [0.29, 0.717) is 42.0 Å². The molecule has 1 aliphatic heterocycles. The molecule has 11 nitrogen and oxygen atoms in total. The molecule has 3 aromatic rings. The molecule has 0 spiro atoms. The lowest BCUT2D eigenvalue weighted by Crippen LogP contribution is -2.37. The van der Waals surface area contributed by atoms with E-state index in [0.717, 1.165) is 37.3 Å². The van der Waals surface area contributed by atoms with Gasteiger partial charge < -0.3 is 24.6 Å². The van der Waals surface area contributed by atoms with E-state index in [4.69, 9.17) is 13.7 Å². The third-order valence-corrected chi connectivity index (χ3v) is 7.30. The smallest absolute Gasteiger partial charge is 0.271 e. The summed E-state index contributed by atoms with van der Waals surface area (Å²) in [4.78, 5) is 26.2. The number of likely N-dealkylation sites (tertiary alicyclic amines) is 1. The summed E-state index contributed by atoms with van der Waals surface area (Å²) in [7, 11) is -0.391. The van der Waals surface area contributed by atoms with Crippen LogP contribution in [0.1, 0.15) is 36.2 Å². The second kappa shape index (κ2) is 13.7. The van der Waals surface area contributed by atoms with E-state index >= 15 is 0 Å². The number of hydrogen-bond donors (Lipinski definition) is 1. The van der Waals surface area contributed by atoms with Crippen LogP contribution in [0.5, 0.6) is 11.5 Å². The molecule has 1 fully saturated rings. The molecule has 1 amide bonds. The minimum atomic E-state index is -3.55. The largest absolute Gasteiger partial charge is 0.497 e. The van der Waals surface area contributed by atoms with Crippen LogP contribution in [-0.2, 0) is 14.3 Å². The van der Waals surface area contributed by atoms with Gasteiger partial charge in [0.1, 0.15) is 17.2 Å². The fraction of sp³-hybridized carbons (Fsp3) is 0.464. The lowest BCUT2D eigenvalue weighted by molar-refractivity contribution is 0.0941. The predicted molar refractivity (Wildman–Crippen MR) is 154 cm³/mol. The minimum Gasteiger partial charge on any atom is -0.497 e. The van der Waals surface area contributed by atoms with Gasteiger partial charge in [-0.1, -0.05) is 6.42 Å². The highest BCUT2D eigenvalue weighted by Crippen LogP contribution is 2.34. The Labute approximate surface area is 235 Å². The van der Waals surface area contributed by atoms with Gasteiger partial charge in [-0.15, -0.1) is 0 Å². The van der Waals surface area contributed by atoms with Crippen LogP contribution < -0.4 is 19.7 Å². The molecule has 1 aromatic heterocycles. The third-order valence-electron chi connectivity index (χ3n) is 6.70. The Morgan fingerprint density at radius 1 is 1.00 bits per heavy atom. The Morgan fingerprint density at radius 2 is 1.73 bits per heavy atom. The molecule has 0 saturated carbocycles. The summed E-state index contributed by atoms with van der Waals surface area (Å²) in [5, 5.41) is 2.96. The molecule has 0 radical (unpaired) electrons. The van der Waals surface area contributed by atoms with Crippen LogP contribution in [0.2, 0.25) is 0 Å². The molecule has 40 heavy (non-hydrogen) atoms. The average Bonchev–Trinajstić information content (AvgIpc) is 2.96. The van der Waals surface area contributed by atoms with Crippen molar-refractivity contribution in [2.45, 2.75) is 25.7 Å². The molecule has 216 valence electrons. The molecule has 0 atom stereocenters. The number of nitrogens with one attached hydrogen (secondary N) is 1. The van der Waals surface area contributed by atoms with Gasteiger partial charge in [0.2, 0.25) is 0 Å². The van der Waals surface area contributed by atoms with E-state index in [-0.39, 0.29) is 18.2 Å². The van der Waals surface area contributed by atoms with Crippen molar-refractivity contribution in [2.75, 3.05) is 64.7 Å². The van der Waals surface area contributed by atoms with Gasteiger partial charge in [-0.3, -0.25) is 14.0 Å². The highest BCUT2D eigenvalue weighted by molar-refractivity contribution is 7.85. The number of nitrogens with zero attached hydrogens (tertiary/aromatic N) is 4. The van der Waals surface area contributed by atoms with Gasteiger partial charge in [0.25, 0.3) is 16.0 Å². The van der Waals surface area contributed by atoms with Gasteiger partial charge in [0.15, 0.2) is 0 Å². The van der Waals surface area contributed by atoms with E-state index < -0.39 is 10.1 Å². The summed E-state index contributed by atoms with van der Waals surface area (Å²) in [6.07, 6.45) is 6.63. The Hall–Kier alpha value is -3.48. The minimum absolute atomic E-state index is 0.0333. The number of anilines is 2. The van der Waals surface area contributed by atoms with Gasteiger partial charge >= 0.3 is 0 Å². The zero-order valence-corrected chi connectivity index (χ0v) is 24.1. The fourth-order valence-electron chi connectivity index (χ4n) is 4.67. The number of aromatic nitrogens is 2. The van der Waals surface area contributed by atoms with Crippen LogP contribution in [0.15, 0.2) is 42.6 Å². The quantitative estimate of drug-likeness (QED) is 0.241. The zero-order valence-electron chi connectivity index (χ0n) is 23.3. The maximum absolute atomic E-state index is 12.8. The molecular weight excluding hydrogens is 534 g/mol. The topological polar surface area (TPSA) is 123 Å². The van der Waals surface area contributed by atoms with Crippen molar-refractivity contribution in [2.24, 2.45) is 0 Å². The number of fused-ring (bicyclic) bond motifs is 1. The summed E-state index contributed by atoms with van der Waals surface area (Å²) >= 11 is 0. The predicted octanol–water partition coefficient (Wildman–Crippen LogP) is 3.37. The molecule has 12 heteroatoms. The van der Waals surface area contributed by atoms with Crippen LogP contribution in [0.25, 0.3) is 11.0 Å². The van der Waals surface area contributed by atoms with Gasteiger partial charge in [0.05, 0.1) is 44.3 Å². The standard InChI is InChI=1S/C28H37N5O6S/c1-37-23-16-22(17-24(19-23)38-2)33(13-7-15-39-40(3,35)36)21-8-9-25-26(18-21)31-27(20-30-25)28(34)29-10-14-32-11-5-4-6-12-32/h8-9,16-20H,4-7,10-15H2,1-3H3,(H,29,34).